The normalized spacial score (nSPS) is 10.4. The quantitative estimate of drug-likeness (QED) is 0.261. The second kappa shape index (κ2) is 7.43. The van der Waals surface area contributed by atoms with Gasteiger partial charge in [-0.15, -0.1) is 0 Å². The number of hydrogen-bond acceptors (Lipinski definition) is 5. The molecule has 104 valence electrons. The maximum Gasteiger partial charge on any atom is 0.305 e. The summed E-state index contributed by atoms with van der Waals surface area (Å²) in [5.74, 6) is -1.55. The number of nitrogen functional groups attached to an aromatic ring is 1. The molecule has 1 rings (SSSR count). The van der Waals surface area contributed by atoms with Crippen molar-refractivity contribution in [3.8, 4) is 6.07 Å². The molecule has 0 saturated carbocycles. The van der Waals surface area contributed by atoms with Gasteiger partial charge in [-0.2, -0.15) is 5.26 Å². The number of hydrogen-bond donors (Lipinski definition) is 4. The van der Waals surface area contributed by atoms with Crippen molar-refractivity contribution in [2.75, 3.05) is 17.6 Å². The lowest BCUT2D eigenvalue weighted by Crippen LogP contribution is -2.18. The van der Waals surface area contributed by atoms with Crippen LogP contribution in [0.2, 0.25) is 0 Å². The minimum Gasteiger partial charge on any atom is -0.481 e. The summed E-state index contributed by atoms with van der Waals surface area (Å²) < 4.78 is 0. The molecule has 0 aliphatic carbocycles. The summed E-state index contributed by atoms with van der Waals surface area (Å²) in [6, 6.07) is 8.20. The van der Waals surface area contributed by atoms with E-state index in [0.717, 1.165) is 0 Å². The molecule has 1 aromatic rings. The highest BCUT2D eigenvalue weighted by Crippen LogP contribution is 2.11. The van der Waals surface area contributed by atoms with Crippen LogP contribution in [0.25, 0.3) is 0 Å². The van der Waals surface area contributed by atoms with Gasteiger partial charge in [0, 0.05) is 24.1 Å². The molecule has 0 spiro atoms. The van der Waals surface area contributed by atoms with E-state index in [2.05, 4.69) is 10.6 Å². The van der Waals surface area contributed by atoms with E-state index in [4.69, 9.17) is 16.1 Å². The van der Waals surface area contributed by atoms with E-state index in [9.17, 15) is 9.59 Å². The zero-order valence-corrected chi connectivity index (χ0v) is 10.6. The monoisotopic (exact) mass is 274 g/mol. The molecule has 0 bridgehead atoms. The summed E-state index contributed by atoms with van der Waals surface area (Å²) in [6.45, 7) is 0.135. The number of carboxylic acids is 1. The van der Waals surface area contributed by atoms with Crippen LogP contribution in [0, 0.1) is 11.3 Å². The summed E-state index contributed by atoms with van der Waals surface area (Å²) in [5.41, 5.74) is 6.44. The van der Waals surface area contributed by atoms with Gasteiger partial charge in [0.25, 0.3) is 5.91 Å². The number of amides is 1. The van der Waals surface area contributed by atoms with Gasteiger partial charge < -0.3 is 21.5 Å². The molecule has 7 nitrogen and oxygen atoms in total. The Hall–Kier alpha value is -3.01. The first kappa shape index (κ1) is 15.0. The van der Waals surface area contributed by atoms with E-state index in [1.54, 1.807) is 30.3 Å². The van der Waals surface area contributed by atoms with Crippen molar-refractivity contribution in [1.29, 1.82) is 5.26 Å². The van der Waals surface area contributed by atoms with Gasteiger partial charge in [-0.1, -0.05) is 0 Å². The molecule has 0 fully saturated rings. The van der Waals surface area contributed by atoms with Crippen LogP contribution in [0.15, 0.2) is 36.0 Å². The topological polar surface area (TPSA) is 128 Å². The first-order valence-corrected chi connectivity index (χ1v) is 5.75. The fourth-order valence-corrected chi connectivity index (χ4v) is 1.27. The van der Waals surface area contributed by atoms with Gasteiger partial charge in [-0.3, -0.25) is 9.59 Å². The molecule has 0 heterocycles. The molecule has 0 aromatic heterocycles. The number of carboxylic acid groups (broad SMARTS) is 1. The fraction of sp³-hybridized carbons (Fsp3) is 0.154. The molecule has 0 radical (unpaired) electrons. The lowest BCUT2D eigenvalue weighted by molar-refractivity contribution is -0.136. The van der Waals surface area contributed by atoms with Crippen molar-refractivity contribution >= 4 is 23.3 Å². The first-order valence-electron chi connectivity index (χ1n) is 5.75. The highest BCUT2D eigenvalue weighted by Gasteiger charge is 2.08. The average Bonchev–Trinajstić information content (AvgIpc) is 2.41. The molecular formula is C13H14N4O3. The van der Waals surface area contributed by atoms with Crippen molar-refractivity contribution in [3.63, 3.8) is 0 Å². The highest BCUT2D eigenvalue weighted by atomic mass is 16.4. The van der Waals surface area contributed by atoms with Gasteiger partial charge in [0.05, 0.1) is 6.42 Å². The number of nitriles is 1. The lowest BCUT2D eigenvalue weighted by Gasteiger charge is -2.05. The van der Waals surface area contributed by atoms with E-state index in [1.807, 2.05) is 0 Å². The third-order valence-electron chi connectivity index (χ3n) is 2.26. The Morgan fingerprint density at radius 2 is 2.00 bits per heavy atom. The van der Waals surface area contributed by atoms with Gasteiger partial charge in [-0.05, 0) is 24.3 Å². The summed E-state index contributed by atoms with van der Waals surface area (Å²) >= 11 is 0. The molecule has 5 N–H and O–H groups in total. The number of anilines is 2. The minimum absolute atomic E-state index is 0.102. The van der Waals surface area contributed by atoms with Crippen molar-refractivity contribution < 1.29 is 14.7 Å². The Morgan fingerprint density at radius 1 is 1.35 bits per heavy atom. The second-order valence-electron chi connectivity index (χ2n) is 3.84. The van der Waals surface area contributed by atoms with E-state index in [-0.39, 0.29) is 18.5 Å². The number of aliphatic carboxylic acids is 1. The Labute approximate surface area is 115 Å². The Bertz CT molecular complexity index is 558. The number of rotatable bonds is 6. The summed E-state index contributed by atoms with van der Waals surface area (Å²) in [5, 5.41) is 22.4. The van der Waals surface area contributed by atoms with Crippen molar-refractivity contribution in [3.05, 3.63) is 36.0 Å². The van der Waals surface area contributed by atoms with Gasteiger partial charge >= 0.3 is 5.97 Å². The number of carbonyl (C=O) groups is 2. The second-order valence-corrected chi connectivity index (χ2v) is 3.84. The van der Waals surface area contributed by atoms with Gasteiger partial charge in [0.1, 0.15) is 11.6 Å². The molecule has 0 aliphatic rings. The predicted molar refractivity (Wildman–Crippen MR) is 73.4 cm³/mol. The van der Waals surface area contributed by atoms with Crippen LogP contribution in [-0.4, -0.2) is 23.5 Å². The summed E-state index contributed by atoms with van der Waals surface area (Å²) in [6.07, 6.45) is 1.09. The molecule has 1 amide bonds. The smallest absolute Gasteiger partial charge is 0.305 e. The average molecular weight is 274 g/mol. The summed E-state index contributed by atoms with van der Waals surface area (Å²) in [4.78, 5) is 22.1. The van der Waals surface area contributed by atoms with Crippen LogP contribution in [0.3, 0.4) is 0 Å². The fourth-order valence-electron chi connectivity index (χ4n) is 1.27. The van der Waals surface area contributed by atoms with Crippen LogP contribution in [0.5, 0.6) is 0 Å². The number of nitrogens with one attached hydrogen (secondary N) is 2. The van der Waals surface area contributed by atoms with E-state index in [1.165, 1.54) is 6.20 Å². The largest absolute Gasteiger partial charge is 0.481 e. The van der Waals surface area contributed by atoms with Gasteiger partial charge in [0.2, 0.25) is 0 Å². The van der Waals surface area contributed by atoms with Gasteiger partial charge in [0.15, 0.2) is 0 Å². The Balaban J connectivity index is 2.58. The van der Waals surface area contributed by atoms with E-state index in [0.29, 0.717) is 11.4 Å². The predicted octanol–water partition coefficient (Wildman–Crippen LogP) is 0.679. The van der Waals surface area contributed by atoms with E-state index < -0.39 is 11.9 Å². The number of carbonyl (C=O) groups excluding carboxylic acids is 1. The molecule has 0 unspecified atom stereocenters. The molecule has 0 saturated heterocycles. The zero-order valence-electron chi connectivity index (χ0n) is 10.6. The maximum absolute atomic E-state index is 11.8. The Kier molecular flexibility index (Phi) is 5.59. The minimum atomic E-state index is -0.962. The molecule has 0 atom stereocenters. The lowest BCUT2D eigenvalue weighted by atomic mass is 10.2. The molecule has 20 heavy (non-hydrogen) atoms. The van der Waals surface area contributed by atoms with E-state index >= 15 is 0 Å². The van der Waals surface area contributed by atoms with Crippen LogP contribution in [-0.2, 0) is 9.59 Å². The van der Waals surface area contributed by atoms with Crippen molar-refractivity contribution in [2.45, 2.75) is 6.42 Å². The van der Waals surface area contributed by atoms with Crippen LogP contribution in [0.4, 0.5) is 11.4 Å². The molecule has 1 aromatic carbocycles. The standard InChI is InChI=1S/C13H14N4O3/c14-7-9(8-16-6-5-12(18)19)13(20)17-11-3-1-10(15)2-4-11/h1-4,8,16H,5-6,15H2,(H,17,20)(H,18,19)/b9-8-. The molecular weight excluding hydrogens is 260 g/mol. The molecule has 7 heteroatoms. The SMILES string of the molecule is N#C/C(=C/NCCC(=O)O)C(=O)Nc1ccc(N)cc1. The third-order valence-corrected chi connectivity index (χ3v) is 2.26. The Morgan fingerprint density at radius 3 is 2.55 bits per heavy atom. The van der Waals surface area contributed by atoms with Gasteiger partial charge in [-0.25, -0.2) is 0 Å². The highest BCUT2D eigenvalue weighted by molar-refractivity contribution is 6.06. The maximum atomic E-state index is 11.8. The third kappa shape index (κ3) is 5.10. The number of nitrogens with two attached hydrogens (primary N) is 1. The molecule has 0 aliphatic heterocycles. The van der Waals surface area contributed by atoms with Crippen molar-refractivity contribution in [1.82, 2.24) is 5.32 Å². The zero-order chi connectivity index (χ0) is 15.0. The van der Waals surface area contributed by atoms with Crippen LogP contribution in [0.1, 0.15) is 6.42 Å². The number of nitrogens with zero attached hydrogens (tertiary/aromatic N) is 1. The number of benzene rings is 1. The van der Waals surface area contributed by atoms with Crippen LogP contribution >= 0.6 is 0 Å². The van der Waals surface area contributed by atoms with Crippen LogP contribution < -0.4 is 16.4 Å². The summed E-state index contributed by atoms with van der Waals surface area (Å²) in [7, 11) is 0. The first-order chi connectivity index (χ1) is 9.52. The van der Waals surface area contributed by atoms with Crippen molar-refractivity contribution in [2.24, 2.45) is 0 Å².